The van der Waals surface area contributed by atoms with Crippen molar-refractivity contribution >= 4 is 11.6 Å². The number of halogens is 1. The van der Waals surface area contributed by atoms with Crippen molar-refractivity contribution in [3.05, 3.63) is 64.1 Å². The molecule has 21 heavy (non-hydrogen) atoms. The normalized spacial score (nSPS) is 10.1. The zero-order chi connectivity index (χ0) is 15.2. The Morgan fingerprint density at radius 1 is 1.29 bits per heavy atom. The Labute approximate surface area is 119 Å². The van der Waals surface area contributed by atoms with E-state index in [1.54, 1.807) is 0 Å². The van der Waals surface area contributed by atoms with Crippen LogP contribution in [0.1, 0.15) is 5.56 Å². The number of benzene rings is 1. The maximum absolute atomic E-state index is 12.7. The van der Waals surface area contributed by atoms with Crippen molar-refractivity contribution in [2.75, 3.05) is 6.61 Å². The molecule has 2 aromatic rings. The molecule has 0 aliphatic rings. The molecular formula is C14H11FN2O4. The maximum atomic E-state index is 12.7. The number of aromatic nitrogens is 1. The first-order valence-corrected chi connectivity index (χ1v) is 6.04. The van der Waals surface area contributed by atoms with E-state index in [2.05, 4.69) is 4.98 Å². The van der Waals surface area contributed by atoms with Gasteiger partial charge in [-0.05, 0) is 39.7 Å². The number of ketones is 1. The molecule has 0 fully saturated rings. The molecule has 0 radical (unpaired) electrons. The number of rotatable bonds is 6. The zero-order valence-corrected chi connectivity index (χ0v) is 10.9. The summed E-state index contributed by atoms with van der Waals surface area (Å²) in [5.41, 5.74) is 0.644. The Bertz CT molecular complexity index is 658. The van der Waals surface area contributed by atoms with Crippen molar-refractivity contribution in [1.82, 2.24) is 4.98 Å². The van der Waals surface area contributed by atoms with Gasteiger partial charge in [0.05, 0.1) is 0 Å². The van der Waals surface area contributed by atoms with Crippen LogP contribution in [0.4, 0.5) is 10.2 Å². The summed E-state index contributed by atoms with van der Waals surface area (Å²) < 4.78 is 17.9. The Morgan fingerprint density at radius 2 is 2.00 bits per heavy atom. The van der Waals surface area contributed by atoms with E-state index in [1.807, 2.05) is 0 Å². The lowest BCUT2D eigenvalue weighted by molar-refractivity contribution is -0.390. The van der Waals surface area contributed by atoms with Gasteiger partial charge < -0.3 is 14.9 Å². The molecule has 0 saturated heterocycles. The van der Waals surface area contributed by atoms with E-state index >= 15 is 0 Å². The molecule has 0 aliphatic heterocycles. The lowest BCUT2D eigenvalue weighted by Gasteiger charge is -2.05. The molecular weight excluding hydrogens is 279 g/mol. The minimum Gasteiger partial charge on any atom is -0.478 e. The van der Waals surface area contributed by atoms with E-state index in [9.17, 15) is 19.3 Å². The molecule has 0 spiro atoms. The van der Waals surface area contributed by atoms with Gasteiger partial charge in [-0.25, -0.2) is 4.39 Å². The van der Waals surface area contributed by atoms with Gasteiger partial charge >= 0.3 is 5.82 Å². The molecule has 108 valence electrons. The van der Waals surface area contributed by atoms with Crippen LogP contribution in [0.2, 0.25) is 0 Å². The first-order chi connectivity index (χ1) is 10.1. The standard InChI is InChI=1S/C14H11FN2O4/c15-11-5-3-10(4-6-11)8-12(18)9-21-13-2-1-7-16-14(13)17(19)20/h1-7H,8-9H2. The van der Waals surface area contributed by atoms with Crippen molar-refractivity contribution in [3.63, 3.8) is 0 Å². The quantitative estimate of drug-likeness (QED) is 0.602. The molecule has 1 aromatic heterocycles. The summed E-state index contributed by atoms with van der Waals surface area (Å²) in [6, 6.07) is 8.37. The van der Waals surface area contributed by atoms with Crippen LogP contribution in [0.5, 0.6) is 5.75 Å². The van der Waals surface area contributed by atoms with Crippen molar-refractivity contribution in [2.24, 2.45) is 0 Å². The largest absolute Gasteiger partial charge is 0.478 e. The van der Waals surface area contributed by atoms with Crippen molar-refractivity contribution in [3.8, 4) is 5.75 Å². The molecule has 0 N–H and O–H groups in total. The fraction of sp³-hybridized carbons (Fsp3) is 0.143. The first-order valence-electron chi connectivity index (χ1n) is 6.04. The van der Waals surface area contributed by atoms with E-state index in [4.69, 9.17) is 4.74 Å². The summed E-state index contributed by atoms with van der Waals surface area (Å²) in [6.07, 6.45) is 1.33. The monoisotopic (exact) mass is 290 g/mol. The number of hydrogen-bond acceptors (Lipinski definition) is 5. The molecule has 1 heterocycles. The summed E-state index contributed by atoms with van der Waals surface area (Å²) >= 11 is 0. The molecule has 0 amide bonds. The number of carbonyl (C=O) groups excluding carboxylic acids is 1. The molecule has 0 atom stereocenters. The zero-order valence-electron chi connectivity index (χ0n) is 10.9. The van der Waals surface area contributed by atoms with Gasteiger partial charge in [0.1, 0.15) is 18.6 Å². The van der Waals surface area contributed by atoms with Crippen LogP contribution in [0.25, 0.3) is 0 Å². The minimum absolute atomic E-state index is 0.0602. The highest BCUT2D eigenvalue weighted by Crippen LogP contribution is 2.22. The van der Waals surface area contributed by atoms with E-state index in [0.717, 1.165) is 0 Å². The van der Waals surface area contributed by atoms with Gasteiger partial charge in [0.2, 0.25) is 5.75 Å². The van der Waals surface area contributed by atoms with Gasteiger partial charge in [-0.2, -0.15) is 0 Å². The highest BCUT2D eigenvalue weighted by atomic mass is 19.1. The Morgan fingerprint density at radius 3 is 2.67 bits per heavy atom. The third-order valence-corrected chi connectivity index (χ3v) is 2.63. The van der Waals surface area contributed by atoms with E-state index in [1.165, 1.54) is 42.6 Å². The van der Waals surface area contributed by atoms with E-state index in [0.29, 0.717) is 5.56 Å². The third kappa shape index (κ3) is 4.07. The number of ether oxygens (including phenoxy) is 1. The molecule has 0 unspecified atom stereocenters. The smallest absolute Gasteiger partial charge is 0.406 e. The Kier molecular flexibility index (Phi) is 4.55. The fourth-order valence-corrected chi connectivity index (χ4v) is 1.67. The first kappa shape index (κ1) is 14.6. The molecule has 6 nitrogen and oxygen atoms in total. The minimum atomic E-state index is -0.681. The highest BCUT2D eigenvalue weighted by Gasteiger charge is 2.16. The summed E-state index contributed by atoms with van der Waals surface area (Å²) in [5, 5.41) is 10.7. The van der Waals surface area contributed by atoms with Crippen LogP contribution in [0.3, 0.4) is 0 Å². The SMILES string of the molecule is O=C(COc1cccnc1[N+](=O)[O-])Cc1ccc(F)cc1. The van der Waals surface area contributed by atoms with E-state index < -0.39 is 10.7 Å². The maximum Gasteiger partial charge on any atom is 0.406 e. The van der Waals surface area contributed by atoms with Crippen LogP contribution in [0, 0.1) is 15.9 Å². The second-order valence-electron chi connectivity index (χ2n) is 4.21. The molecule has 0 bridgehead atoms. The second-order valence-corrected chi connectivity index (χ2v) is 4.21. The summed E-state index contributed by atoms with van der Waals surface area (Å²) in [7, 11) is 0. The lowest BCUT2D eigenvalue weighted by atomic mass is 10.1. The van der Waals surface area contributed by atoms with Gasteiger partial charge in [0, 0.05) is 6.42 Å². The topological polar surface area (TPSA) is 82.3 Å². The predicted molar refractivity (Wildman–Crippen MR) is 71.5 cm³/mol. The van der Waals surface area contributed by atoms with Crippen LogP contribution < -0.4 is 4.74 Å². The number of hydrogen-bond donors (Lipinski definition) is 0. The summed E-state index contributed by atoms with van der Waals surface area (Å²) in [4.78, 5) is 25.4. The van der Waals surface area contributed by atoms with E-state index in [-0.39, 0.29) is 30.4 Å². The number of carbonyl (C=O) groups is 1. The van der Waals surface area contributed by atoms with Crippen molar-refractivity contribution < 1.29 is 18.8 Å². The molecule has 7 heteroatoms. The number of Topliss-reactive ketones (excluding diaryl/α,β-unsaturated/α-hetero) is 1. The second kappa shape index (κ2) is 6.56. The van der Waals surface area contributed by atoms with Crippen LogP contribution in [-0.4, -0.2) is 22.3 Å². The average molecular weight is 290 g/mol. The summed E-state index contributed by atoms with van der Waals surface area (Å²) in [5.74, 6) is -1.16. The fourth-order valence-electron chi connectivity index (χ4n) is 1.67. The number of nitro groups is 1. The van der Waals surface area contributed by atoms with Gasteiger partial charge in [-0.3, -0.25) is 4.79 Å². The molecule has 0 aliphatic carbocycles. The predicted octanol–water partition coefficient (Wildman–Crippen LogP) is 2.32. The van der Waals surface area contributed by atoms with Crippen molar-refractivity contribution in [1.29, 1.82) is 0 Å². The van der Waals surface area contributed by atoms with Gasteiger partial charge in [0.15, 0.2) is 5.78 Å². The van der Waals surface area contributed by atoms with Crippen LogP contribution >= 0.6 is 0 Å². The van der Waals surface area contributed by atoms with Crippen LogP contribution in [-0.2, 0) is 11.2 Å². The van der Waals surface area contributed by atoms with Crippen molar-refractivity contribution in [2.45, 2.75) is 6.42 Å². The summed E-state index contributed by atoms with van der Waals surface area (Å²) in [6.45, 7) is -0.316. The Balaban J connectivity index is 1.95. The van der Waals surface area contributed by atoms with Crippen LogP contribution in [0.15, 0.2) is 42.6 Å². The molecule has 1 aromatic carbocycles. The highest BCUT2D eigenvalue weighted by molar-refractivity contribution is 5.82. The number of nitrogens with zero attached hydrogens (tertiary/aromatic N) is 2. The lowest BCUT2D eigenvalue weighted by Crippen LogP contribution is -2.14. The molecule has 2 rings (SSSR count). The molecule has 0 saturated carbocycles. The van der Waals surface area contributed by atoms with Gasteiger partial charge in [-0.1, -0.05) is 12.1 Å². The average Bonchev–Trinajstić information content (AvgIpc) is 2.48. The Hall–Kier alpha value is -2.83. The van der Waals surface area contributed by atoms with Gasteiger partial charge in [-0.15, -0.1) is 0 Å². The number of pyridine rings is 1. The van der Waals surface area contributed by atoms with Gasteiger partial charge in [0.25, 0.3) is 0 Å². The third-order valence-electron chi connectivity index (χ3n) is 2.63.